The van der Waals surface area contributed by atoms with Gasteiger partial charge in [-0.1, -0.05) is 29.7 Å². The van der Waals surface area contributed by atoms with E-state index in [4.69, 9.17) is 0 Å². The Bertz CT molecular complexity index is 443. The average molecular weight is 405 g/mol. The molecule has 0 aromatic carbocycles. The molecule has 1 saturated heterocycles. The van der Waals surface area contributed by atoms with Gasteiger partial charge in [0, 0.05) is 66.6 Å². The van der Waals surface area contributed by atoms with Crippen molar-refractivity contribution in [1.29, 1.82) is 0 Å². The zero-order chi connectivity index (χ0) is 18.1. The third kappa shape index (κ3) is 12.7. The van der Waals surface area contributed by atoms with Gasteiger partial charge in [-0.2, -0.15) is 0 Å². The van der Waals surface area contributed by atoms with Crippen LogP contribution in [0.15, 0.2) is 0 Å². The van der Waals surface area contributed by atoms with E-state index in [1.165, 1.54) is 0 Å². The van der Waals surface area contributed by atoms with Crippen LogP contribution < -0.4 is 0 Å². The molecule has 3 amide bonds. The van der Waals surface area contributed by atoms with Crippen molar-refractivity contribution < 1.29 is 14.4 Å². The van der Waals surface area contributed by atoms with E-state index in [-0.39, 0.29) is 47.4 Å². The molecule has 7 nitrogen and oxygen atoms in total. The highest BCUT2D eigenvalue weighted by molar-refractivity contribution is 5.74. The summed E-state index contributed by atoms with van der Waals surface area (Å²) in [5.41, 5.74) is 0. The molecule has 1 aliphatic heterocycles. The highest BCUT2D eigenvalue weighted by Gasteiger charge is 2.16. The molecule has 0 N–H and O–H groups in total. The van der Waals surface area contributed by atoms with E-state index in [1.807, 2.05) is 16.8 Å². The minimum Gasteiger partial charge on any atom is -0.342 e. The first-order valence-corrected chi connectivity index (χ1v) is 8.76. The van der Waals surface area contributed by atoms with E-state index >= 15 is 0 Å². The van der Waals surface area contributed by atoms with Gasteiger partial charge in [0.1, 0.15) is 0 Å². The molecule has 0 unspecified atom stereocenters. The number of amides is 3. The molecule has 0 spiro atoms. The molecule has 1 fully saturated rings. The summed E-state index contributed by atoms with van der Waals surface area (Å²) in [5, 5.41) is 0. The molecule has 1 heterocycles. The Morgan fingerprint density at radius 1 is 0.500 bits per heavy atom. The number of carbonyl (C=O) groups is 3. The van der Waals surface area contributed by atoms with E-state index in [1.54, 1.807) is 25.7 Å². The Morgan fingerprint density at radius 3 is 1.11 bits per heavy atom. The molecule has 0 saturated carbocycles. The summed E-state index contributed by atoms with van der Waals surface area (Å²) < 4.78 is 0. The molecular formula is C21H48N4O3. The van der Waals surface area contributed by atoms with Crippen molar-refractivity contribution in [3.8, 4) is 0 Å². The lowest BCUT2D eigenvalue weighted by Crippen LogP contribution is -2.43. The van der Waals surface area contributed by atoms with E-state index in [0.717, 1.165) is 25.9 Å². The summed E-state index contributed by atoms with van der Waals surface area (Å²) in [6.07, 6.45) is 1.64. The van der Waals surface area contributed by atoms with Crippen LogP contribution in [0.25, 0.3) is 0 Å². The largest absolute Gasteiger partial charge is 0.342 e. The number of hydrogen-bond donors (Lipinski definition) is 0. The topological polar surface area (TPSA) is 64.2 Å². The predicted molar refractivity (Wildman–Crippen MR) is 120 cm³/mol. The summed E-state index contributed by atoms with van der Waals surface area (Å²) in [7, 11) is 2.04. The molecule has 0 atom stereocenters. The molecule has 1 rings (SSSR count). The summed E-state index contributed by atoms with van der Waals surface area (Å²) in [6.45, 7) is 10.2. The molecule has 0 aliphatic carbocycles. The lowest BCUT2D eigenvalue weighted by Gasteiger charge is -2.30. The number of nitrogens with zero attached hydrogens (tertiary/aromatic N) is 4. The highest BCUT2D eigenvalue weighted by atomic mass is 16.2. The average Bonchev–Trinajstić information content (AvgIpc) is 2.49. The third-order valence-electron chi connectivity index (χ3n) is 4.55. The van der Waals surface area contributed by atoms with Gasteiger partial charge < -0.3 is 19.6 Å². The van der Waals surface area contributed by atoms with Crippen molar-refractivity contribution >= 4 is 17.7 Å². The molecule has 28 heavy (non-hydrogen) atoms. The van der Waals surface area contributed by atoms with E-state index in [2.05, 4.69) is 4.90 Å². The zero-order valence-electron chi connectivity index (χ0n) is 15.6. The number of likely N-dealkylation sites (N-methyl/N-ethyl adjacent to an activating group) is 1. The van der Waals surface area contributed by atoms with Crippen LogP contribution >= 0.6 is 0 Å². The Balaban J connectivity index is -0.000000720. The van der Waals surface area contributed by atoms with Crippen molar-refractivity contribution in [2.45, 2.75) is 63.3 Å². The summed E-state index contributed by atoms with van der Waals surface area (Å²) >= 11 is 0. The van der Waals surface area contributed by atoms with Crippen LogP contribution in [0, 0.1) is 0 Å². The maximum atomic E-state index is 11.8. The van der Waals surface area contributed by atoms with Crippen molar-refractivity contribution in [3.05, 3.63) is 0 Å². The second kappa shape index (κ2) is 17.5. The molecule has 0 aromatic heterocycles. The van der Waals surface area contributed by atoms with Crippen LogP contribution in [0.2, 0.25) is 0 Å². The Hall–Kier alpha value is -1.63. The fourth-order valence-corrected chi connectivity index (χ4v) is 2.91. The Morgan fingerprint density at radius 2 is 0.786 bits per heavy atom. The van der Waals surface area contributed by atoms with Gasteiger partial charge >= 0.3 is 0 Å². The second-order valence-electron chi connectivity index (χ2n) is 6.53. The number of hydrogen-bond acceptors (Lipinski definition) is 4. The molecular weight excluding hydrogens is 356 g/mol. The SMILES string of the molecule is C.C.C.C.CC(=O)N1CCCN(C(C)=O)CCN(C(C)=O)CCCN(C)CC1. The van der Waals surface area contributed by atoms with Gasteiger partial charge in [0.15, 0.2) is 0 Å². The Labute approximate surface area is 175 Å². The second-order valence-corrected chi connectivity index (χ2v) is 6.53. The third-order valence-corrected chi connectivity index (χ3v) is 4.55. The first kappa shape index (κ1) is 33.9. The van der Waals surface area contributed by atoms with Crippen molar-refractivity contribution in [3.63, 3.8) is 0 Å². The van der Waals surface area contributed by atoms with E-state index in [0.29, 0.717) is 39.3 Å². The smallest absolute Gasteiger partial charge is 0.219 e. The fourth-order valence-electron chi connectivity index (χ4n) is 2.91. The van der Waals surface area contributed by atoms with Gasteiger partial charge in [0.25, 0.3) is 0 Å². The van der Waals surface area contributed by atoms with Crippen LogP contribution in [0.1, 0.15) is 63.3 Å². The van der Waals surface area contributed by atoms with Gasteiger partial charge in [-0.3, -0.25) is 14.4 Å². The normalized spacial score (nSPS) is 16.9. The lowest BCUT2D eigenvalue weighted by atomic mass is 10.3. The van der Waals surface area contributed by atoms with Gasteiger partial charge in [0.05, 0.1) is 0 Å². The minimum atomic E-state index is 0. The number of rotatable bonds is 0. The minimum absolute atomic E-state index is 0. The van der Waals surface area contributed by atoms with Crippen molar-refractivity contribution in [2.75, 3.05) is 59.4 Å². The van der Waals surface area contributed by atoms with Crippen LogP contribution in [0.3, 0.4) is 0 Å². The van der Waals surface area contributed by atoms with E-state index < -0.39 is 0 Å². The van der Waals surface area contributed by atoms with Crippen LogP contribution in [0.5, 0.6) is 0 Å². The van der Waals surface area contributed by atoms with Crippen LogP contribution in [-0.2, 0) is 14.4 Å². The van der Waals surface area contributed by atoms with Crippen molar-refractivity contribution in [2.24, 2.45) is 0 Å². The van der Waals surface area contributed by atoms with E-state index in [9.17, 15) is 14.4 Å². The standard InChI is InChI=1S/C17H32N4O3.4CH4/c1-15(22)19-9-6-10-21(17(3)24)14-13-20(16(2)23)8-5-7-18(4)11-12-19;;;;/h5-14H2,1-4H3;4*1H4. The zero-order valence-corrected chi connectivity index (χ0v) is 15.6. The first-order valence-electron chi connectivity index (χ1n) is 8.76. The van der Waals surface area contributed by atoms with Gasteiger partial charge in [-0.05, 0) is 26.4 Å². The maximum Gasteiger partial charge on any atom is 0.219 e. The molecule has 1 aliphatic rings. The molecule has 170 valence electrons. The maximum absolute atomic E-state index is 11.8. The predicted octanol–water partition coefficient (Wildman–Crippen LogP) is 2.80. The number of carbonyl (C=O) groups excluding carboxylic acids is 3. The molecule has 0 radical (unpaired) electrons. The monoisotopic (exact) mass is 404 g/mol. The summed E-state index contributed by atoms with van der Waals surface area (Å²) in [5.74, 6) is 0.142. The van der Waals surface area contributed by atoms with Crippen LogP contribution in [-0.4, -0.2) is 96.7 Å². The summed E-state index contributed by atoms with van der Waals surface area (Å²) in [6, 6.07) is 0. The molecule has 0 bridgehead atoms. The highest BCUT2D eigenvalue weighted by Crippen LogP contribution is 2.02. The lowest BCUT2D eigenvalue weighted by molar-refractivity contribution is -0.133. The van der Waals surface area contributed by atoms with Crippen LogP contribution in [0.4, 0.5) is 0 Å². The first-order chi connectivity index (χ1) is 11.3. The Kier molecular flexibility index (Phi) is 21.2. The quantitative estimate of drug-likeness (QED) is 0.623. The van der Waals surface area contributed by atoms with Crippen molar-refractivity contribution in [1.82, 2.24) is 19.6 Å². The molecule has 0 aromatic rings. The fraction of sp³-hybridized carbons (Fsp3) is 0.857. The van der Waals surface area contributed by atoms with Gasteiger partial charge in [0.2, 0.25) is 17.7 Å². The summed E-state index contributed by atoms with van der Waals surface area (Å²) in [4.78, 5) is 43.0. The molecule has 7 heteroatoms. The van der Waals surface area contributed by atoms with Gasteiger partial charge in [-0.15, -0.1) is 0 Å². The van der Waals surface area contributed by atoms with Gasteiger partial charge in [-0.25, -0.2) is 0 Å².